The standard InChI is InChI=1S/C12H17NO.ClH/c1-13(2)9-12-11-6-4-3-5-10(11)7-8-14-12;/h3-6,12H,7-9H2,1-2H3;1H. The lowest BCUT2D eigenvalue weighted by Gasteiger charge is -2.28. The summed E-state index contributed by atoms with van der Waals surface area (Å²) in [6.45, 7) is 1.83. The lowest BCUT2D eigenvalue weighted by Crippen LogP contribution is -2.26. The molecule has 0 aliphatic carbocycles. The molecule has 0 radical (unpaired) electrons. The SMILES string of the molecule is CN(C)CC1OCCc2ccccc21.Cl. The normalized spacial score (nSPS) is 19.5. The zero-order chi connectivity index (χ0) is 9.97. The van der Waals surface area contributed by atoms with E-state index in [2.05, 4.69) is 43.3 Å². The molecular weight excluding hydrogens is 210 g/mol. The fourth-order valence-electron chi connectivity index (χ4n) is 1.96. The topological polar surface area (TPSA) is 12.5 Å². The van der Waals surface area contributed by atoms with Gasteiger partial charge in [0.25, 0.3) is 0 Å². The number of ether oxygens (including phenoxy) is 1. The van der Waals surface area contributed by atoms with Crippen LogP contribution in [0.3, 0.4) is 0 Å². The second-order valence-corrected chi connectivity index (χ2v) is 4.07. The number of rotatable bonds is 2. The molecule has 0 N–H and O–H groups in total. The molecular formula is C12H18ClNO. The van der Waals surface area contributed by atoms with E-state index in [9.17, 15) is 0 Å². The third kappa shape index (κ3) is 2.94. The average molecular weight is 228 g/mol. The van der Waals surface area contributed by atoms with E-state index in [0.29, 0.717) is 0 Å². The molecule has 0 saturated heterocycles. The fourth-order valence-corrected chi connectivity index (χ4v) is 1.96. The molecule has 0 saturated carbocycles. The van der Waals surface area contributed by atoms with E-state index in [1.807, 2.05) is 0 Å². The first-order valence-electron chi connectivity index (χ1n) is 5.11. The van der Waals surface area contributed by atoms with Crippen molar-refractivity contribution in [2.75, 3.05) is 27.2 Å². The predicted octanol–water partition coefficient (Wildman–Crippen LogP) is 2.28. The van der Waals surface area contributed by atoms with Gasteiger partial charge in [-0.15, -0.1) is 12.4 Å². The molecule has 3 heteroatoms. The number of halogens is 1. The van der Waals surface area contributed by atoms with Gasteiger partial charge in [0.2, 0.25) is 0 Å². The van der Waals surface area contributed by atoms with Crippen molar-refractivity contribution in [3.8, 4) is 0 Å². The monoisotopic (exact) mass is 227 g/mol. The van der Waals surface area contributed by atoms with Gasteiger partial charge in [0, 0.05) is 6.54 Å². The average Bonchev–Trinajstić information content (AvgIpc) is 2.18. The minimum atomic E-state index is 0. The van der Waals surface area contributed by atoms with Crippen LogP contribution in [0.4, 0.5) is 0 Å². The summed E-state index contributed by atoms with van der Waals surface area (Å²) < 4.78 is 5.77. The molecule has 0 amide bonds. The van der Waals surface area contributed by atoms with Crippen molar-refractivity contribution in [1.29, 1.82) is 0 Å². The van der Waals surface area contributed by atoms with Crippen LogP contribution in [0.15, 0.2) is 24.3 Å². The van der Waals surface area contributed by atoms with Crippen LogP contribution in [0.1, 0.15) is 17.2 Å². The largest absolute Gasteiger partial charge is 0.372 e. The van der Waals surface area contributed by atoms with Gasteiger partial charge in [-0.25, -0.2) is 0 Å². The van der Waals surface area contributed by atoms with Crippen LogP contribution in [-0.4, -0.2) is 32.1 Å². The van der Waals surface area contributed by atoms with E-state index in [0.717, 1.165) is 19.6 Å². The summed E-state index contributed by atoms with van der Waals surface area (Å²) in [5, 5.41) is 0. The maximum Gasteiger partial charge on any atom is 0.0954 e. The molecule has 0 fully saturated rings. The van der Waals surface area contributed by atoms with Crippen molar-refractivity contribution in [3.05, 3.63) is 35.4 Å². The van der Waals surface area contributed by atoms with Crippen LogP contribution in [0, 0.1) is 0 Å². The molecule has 1 atom stereocenters. The van der Waals surface area contributed by atoms with Crippen molar-refractivity contribution in [2.24, 2.45) is 0 Å². The lowest BCUT2D eigenvalue weighted by atomic mass is 9.97. The van der Waals surface area contributed by atoms with Crippen LogP contribution in [0.2, 0.25) is 0 Å². The molecule has 2 rings (SSSR count). The van der Waals surface area contributed by atoms with Crippen LogP contribution in [0.5, 0.6) is 0 Å². The zero-order valence-electron chi connectivity index (χ0n) is 9.27. The highest BCUT2D eigenvalue weighted by Gasteiger charge is 2.20. The second kappa shape index (κ2) is 5.50. The first-order chi connectivity index (χ1) is 6.77. The zero-order valence-corrected chi connectivity index (χ0v) is 10.1. The molecule has 0 bridgehead atoms. The highest BCUT2D eigenvalue weighted by Crippen LogP contribution is 2.26. The number of benzene rings is 1. The highest BCUT2D eigenvalue weighted by atomic mass is 35.5. The Kier molecular flexibility index (Phi) is 4.58. The molecule has 1 aromatic rings. The van der Waals surface area contributed by atoms with Crippen molar-refractivity contribution >= 4 is 12.4 Å². The van der Waals surface area contributed by atoms with Crippen LogP contribution in [0.25, 0.3) is 0 Å². The number of nitrogens with zero attached hydrogens (tertiary/aromatic N) is 1. The van der Waals surface area contributed by atoms with Gasteiger partial charge in [0.15, 0.2) is 0 Å². The summed E-state index contributed by atoms with van der Waals surface area (Å²) in [7, 11) is 4.17. The second-order valence-electron chi connectivity index (χ2n) is 4.07. The summed E-state index contributed by atoms with van der Waals surface area (Å²) in [5.74, 6) is 0. The van der Waals surface area contributed by atoms with E-state index < -0.39 is 0 Å². The minimum absolute atomic E-state index is 0. The van der Waals surface area contributed by atoms with Crippen molar-refractivity contribution in [1.82, 2.24) is 4.90 Å². The Morgan fingerprint density at radius 3 is 2.80 bits per heavy atom. The molecule has 15 heavy (non-hydrogen) atoms. The van der Waals surface area contributed by atoms with E-state index >= 15 is 0 Å². The van der Waals surface area contributed by atoms with E-state index in [1.54, 1.807) is 0 Å². The van der Waals surface area contributed by atoms with Crippen LogP contribution in [-0.2, 0) is 11.2 Å². The quantitative estimate of drug-likeness (QED) is 0.769. The molecule has 0 spiro atoms. The molecule has 2 nitrogen and oxygen atoms in total. The van der Waals surface area contributed by atoms with Crippen molar-refractivity contribution in [2.45, 2.75) is 12.5 Å². The number of hydrogen-bond acceptors (Lipinski definition) is 2. The van der Waals surface area contributed by atoms with Gasteiger partial charge in [0.05, 0.1) is 12.7 Å². The lowest BCUT2D eigenvalue weighted by molar-refractivity contribution is 0.0254. The van der Waals surface area contributed by atoms with Crippen LogP contribution < -0.4 is 0 Å². The summed E-state index contributed by atoms with van der Waals surface area (Å²) in [4.78, 5) is 2.17. The van der Waals surface area contributed by atoms with E-state index in [1.165, 1.54) is 11.1 Å². The Hall–Kier alpha value is -0.570. The Labute approximate surface area is 97.6 Å². The third-order valence-corrected chi connectivity index (χ3v) is 2.62. The van der Waals surface area contributed by atoms with Crippen molar-refractivity contribution < 1.29 is 4.74 Å². The molecule has 1 aliphatic heterocycles. The van der Waals surface area contributed by atoms with Gasteiger partial charge in [-0.1, -0.05) is 24.3 Å². The summed E-state index contributed by atoms with van der Waals surface area (Å²) >= 11 is 0. The number of fused-ring (bicyclic) bond motifs is 1. The Bertz CT molecular complexity index is 314. The first kappa shape index (κ1) is 12.5. The number of likely N-dealkylation sites (N-methyl/N-ethyl adjacent to an activating group) is 1. The van der Waals surface area contributed by atoms with Gasteiger partial charge >= 0.3 is 0 Å². The maximum absolute atomic E-state index is 5.77. The fraction of sp³-hybridized carbons (Fsp3) is 0.500. The predicted molar refractivity (Wildman–Crippen MR) is 64.6 cm³/mol. The van der Waals surface area contributed by atoms with Crippen LogP contribution >= 0.6 is 12.4 Å². The molecule has 84 valence electrons. The Morgan fingerprint density at radius 1 is 1.33 bits per heavy atom. The van der Waals surface area contributed by atoms with Gasteiger partial charge in [-0.05, 0) is 31.6 Å². The number of hydrogen-bond donors (Lipinski definition) is 0. The molecule has 1 aromatic carbocycles. The molecule has 1 heterocycles. The van der Waals surface area contributed by atoms with Gasteiger partial charge in [-0.2, -0.15) is 0 Å². The van der Waals surface area contributed by atoms with Gasteiger partial charge in [-0.3, -0.25) is 0 Å². The highest BCUT2D eigenvalue weighted by molar-refractivity contribution is 5.85. The summed E-state index contributed by atoms with van der Waals surface area (Å²) in [6.07, 6.45) is 1.31. The molecule has 1 aliphatic rings. The van der Waals surface area contributed by atoms with Gasteiger partial charge < -0.3 is 9.64 Å². The maximum atomic E-state index is 5.77. The van der Waals surface area contributed by atoms with Gasteiger partial charge in [0.1, 0.15) is 0 Å². The van der Waals surface area contributed by atoms with Crippen molar-refractivity contribution in [3.63, 3.8) is 0 Å². The Morgan fingerprint density at radius 2 is 2.07 bits per heavy atom. The molecule has 0 aromatic heterocycles. The molecule has 1 unspecified atom stereocenters. The van der Waals surface area contributed by atoms with E-state index in [-0.39, 0.29) is 18.5 Å². The summed E-state index contributed by atoms with van der Waals surface area (Å²) in [5.41, 5.74) is 2.82. The third-order valence-electron chi connectivity index (χ3n) is 2.62. The Balaban J connectivity index is 0.00000112. The van der Waals surface area contributed by atoms with E-state index in [4.69, 9.17) is 4.74 Å². The first-order valence-corrected chi connectivity index (χ1v) is 5.11. The summed E-state index contributed by atoms with van der Waals surface area (Å²) in [6, 6.07) is 8.59. The smallest absolute Gasteiger partial charge is 0.0954 e. The minimum Gasteiger partial charge on any atom is -0.372 e.